The molecule has 2 atom stereocenters. The normalized spacial score (nSPS) is 21.4. The molecule has 1 amide bonds. The zero-order chi connectivity index (χ0) is 15.9. The number of likely N-dealkylation sites (tertiary alicyclic amines) is 1. The Morgan fingerprint density at radius 3 is 2.82 bits per heavy atom. The van der Waals surface area contributed by atoms with Gasteiger partial charge in [-0.25, -0.2) is 8.78 Å². The molecule has 1 aromatic carbocycles. The molecule has 1 fully saturated rings. The lowest BCUT2D eigenvalue weighted by Crippen LogP contribution is -2.32. The van der Waals surface area contributed by atoms with Gasteiger partial charge in [0.15, 0.2) is 11.6 Å². The summed E-state index contributed by atoms with van der Waals surface area (Å²) in [7, 11) is 0. The standard InChI is InChI=1S/C14H13F2N3O3/c1-7-17-13(18-22-7)14(21)19-6-9(20)5-12(19)8-2-3-10(15)11(16)4-8/h2-4,9,12,20H,5-6H2,1H3/t9-,12-/m0/s1. The van der Waals surface area contributed by atoms with Crippen LogP contribution in [0.25, 0.3) is 0 Å². The Morgan fingerprint density at radius 2 is 2.18 bits per heavy atom. The van der Waals surface area contributed by atoms with E-state index in [0.29, 0.717) is 5.56 Å². The quantitative estimate of drug-likeness (QED) is 0.911. The summed E-state index contributed by atoms with van der Waals surface area (Å²) in [6.07, 6.45) is -0.525. The van der Waals surface area contributed by atoms with Crippen LogP contribution in [-0.2, 0) is 0 Å². The molecule has 1 aliphatic heterocycles. The first-order valence-electron chi connectivity index (χ1n) is 6.70. The van der Waals surface area contributed by atoms with Crippen LogP contribution in [0.1, 0.15) is 34.5 Å². The van der Waals surface area contributed by atoms with Crippen LogP contribution in [-0.4, -0.2) is 38.7 Å². The number of β-amino-alcohol motifs (C(OH)–C–C–N with tert-alkyl or cyclic N) is 1. The predicted molar refractivity (Wildman–Crippen MR) is 69.8 cm³/mol. The molecule has 0 radical (unpaired) electrons. The number of aliphatic hydroxyl groups is 1. The maximum Gasteiger partial charge on any atom is 0.295 e. The number of hydrogen-bond acceptors (Lipinski definition) is 5. The second-order valence-electron chi connectivity index (χ2n) is 5.17. The fraction of sp³-hybridized carbons (Fsp3) is 0.357. The molecule has 0 spiro atoms. The number of aromatic nitrogens is 2. The van der Waals surface area contributed by atoms with Crippen LogP contribution in [0, 0.1) is 18.6 Å². The summed E-state index contributed by atoms with van der Waals surface area (Å²) in [5.41, 5.74) is 0.406. The predicted octanol–water partition coefficient (Wildman–Crippen LogP) is 1.60. The van der Waals surface area contributed by atoms with Gasteiger partial charge in [-0.3, -0.25) is 4.79 Å². The van der Waals surface area contributed by atoms with Crippen molar-refractivity contribution >= 4 is 5.91 Å². The van der Waals surface area contributed by atoms with E-state index in [9.17, 15) is 18.7 Å². The van der Waals surface area contributed by atoms with Gasteiger partial charge in [0, 0.05) is 13.5 Å². The Morgan fingerprint density at radius 1 is 1.41 bits per heavy atom. The van der Waals surface area contributed by atoms with Crippen molar-refractivity contribution in [1.82, 2.24) is 15.0 Å². The van der Waals surface area contributed by atoms with Crippen LogP contribution in [0.4, 0.5) is 8.78 Å². The minimum absolute atomic E-state index is 0.0656. The maximum atomic E-state index is 13.4. The molecule has 2 aromatic rings. The van der Waals surface area contributed by atoms with Gasteiger partial charge in [0.05, 0.1) is 12.1 Å². The average molecular weight is 309 g/mol. The van der Waals surface area contributed by atoms with Crippen molar-refractivity contribution in [3.63, 3.8) is 0 Å². The van der Waals surface area contributed by atoms with Crippen molar-refractivity contribution in [2.75, 3.05) is 6.54 Å². The Hall–Kier alpha value is -2.35. The summed E-state index contributed by atoms with van der Waals surface area (Å²) in [4.78, 5) is 17.6. The number of aliphatic hydroxyl groups excluding tert-OH is 1. The number of carbonyl (C=O) groups is 1. The van der Waals surface area contributed by atoms with Crippen molar-refractivity contribution in [1.29, 1.82) is 0 Å². The number of carbonyl (C=O) groups excluding carboxylic acids is 1. The van der Waals surface area contributed by atoms with Gasteiger partial charge in [-0.15, -0.1) is 0 Å². The van der Waals surface area contributed by atoms with E-state index in [0.717, 1.165) is 12.1 Å². The molecule has 0 aliphatic carbocycles. The number of rotatable bonds is 2. The summed E-state index contributed by atoms with van der Waals surface area (Å²) in [6.45, 7) is 1.62. The minimum atomic E-state index is -0.998. The molecule has 0 saturated carbocycles. The Bertz CT molecular complexity index is 719. The Kier molecular flexibility index (Phi) is 3.61. The van der Waals surface area contributed by atoms with E-state index >= 15 is 0 Å². The molecular weight excluding hydrogens is 296 g/mol. The van der Waals surface area contributed by atoms with E-state index in [4.69, 9.17) is 4.52 Å². The van der Waals surface area contributed by atoms with Crippen molar-refractivity contribution < 1.29 is 23.2 Å². The highest BCUT2D eigenvalue weighted by Gasteiger charge is 2.37. The molecule has 1 N–H and O–H groups in total. The molecule has 22 heavy (non-hydrogen) atoms. The number of benzene rings is 1. The van der Waals surface area contributed by atoms with E-state index in [1.165, 1.54) is 11.0 Å². The molecule has 2 heterocycles. The van der Waals surface area contributed by atoms with Crippen molar-refractivity contribution in [3.8, 4) is 0 Å². The number of amides is 1. The molecule has 6 nitrogen and oxygen atoms in total. The largest absolute Gasteiger partial charge is 0.391 e. The summed E-state index contributed by atoms with van der Waals surface area (Å²) < 4.78 is 31.2. The first-order valence-corrected chi connectivity index (χ1v) is 6.70. The van der Waals surface area contributed by atoms with E-state index in [-0.39, 0.29) is 24.7 Å². The summed E-state index contributed by atoms with van der Waals surface area (Å²) in [5, 5.41) is 13.4. The summed E-state index contributed by atoms with van der Waals surface area (Å²) in [6, 6.07) is 2.84. The first-order chi connectivity index (χ1) is 10.5. The molecular formula is C14H13F2N3O3. The van der Waals surface area contributed by atoms with Gasteiger partial charge in [0.25, 0.3) is 11.7 Å². The number of hydrogen-bond donors (Lipinski definition) is 1. The highest BCUT2D eigenvalue weighted by molar-refractivity contribution is 5.90. The second kappa shape index (κ2) is 5.45. The lowest BCUT2D eigenvalue weighted by Gasteiger charge is -2.23. The minimum Gasteiger partial charge on any atom is -0.391 e. The van der Waals surface area contributed by atoms with Gasteiger partial charge < -0.3 is 14.5 Å². The zero-order valence-electron chi connectivity index (χ0n) is 11.7. The topological polar surface area (TPSA) is 79.5 Å². The molecule has 1 aliphatic rings. The molecule has 116 valence electrons. The molecule has 1 aromatic heterocycles. The Balaban J connectivity index is 1.91. The van der Waals surface area contributed by atoms with Gasteiger partial charge in [-0.05, 0) is 24.1 Å². The van der Waals surface area contributed by atoms with E-state index in [1.54, 1.807) is 6.92 Å². The molecule has 0 bridgehead atoms. The van der Waals surface area contributed by atoms with Crippen LogP contribution < -0.4 is 0 Å². The van der Waals surface area contributed by atoms with Crippen molar-refractivity contribution in [2.45, 2.75) is 25.5 Å². The highest BCUT2D eigenvalue weighted by Crippen LogP contribution is 2.33. The third-order valence-electron chi connectivity index (χ3n) is 3.59. The summed E-state index contributed by atoms with van der Waals surface area (Å²) in [5.74, 6) is -2.37. The molecule has 8 heteroatoms. The smallest absolute Gasteiger partial charge is 0.295 e. The SMILES string of the molecule is Cc1nc(C(=O)N2C[C@@H](O)C[C@H]2c2ccc(F)c(F)c2)no1. The Labute approximate surface area is 124 Å². The molecule has 3 rings (SSSR count). The van der Waals surface area contributed by atoms with Gasteiger partial charge in [-0.1, -0.05) is 11.2 Å². The van der Waals surface area contributed by atoms with Gasteiger partial charge >= 0.3 is 0 Å². The number of nitrogens with zero attached hydrogens (tertiary/aromatic N) is 3. The fourth-order valence-electron chi connectivity index (χ4n) is 2.59. The van der Waals surface area contributed by atoms with Gasteiger partial charge in [0.2, 0.25) is 5.89 Å². The van der Waals surface area contributed by atoms with Crippen LogP contribution in [0.15, 0.2) is 22.7 Å². The number of aryl methyl sites for hydroxylation is 1. The lowest BCUT2D eigenvalue weighted by molar-refractivity contribution is 0.0700. The zero-order valence-corrected chi connectivity index (χ0v) is 11.7. The molecule has 1 saturated heterocycles. The van der Waals surface area contributed by atoms with Crippen LogP contribution in [0.2, 0.25) is 0 Å². The number of halogens is 2. The van der Waals surface area contributed by atoms with E-state index in [2.05, 4.69) is 10.1 Å². The maximum absolute atomic E-state index is 13.4. The monoisotopic (exact) mass is 309 g/mol. The highest BCUT2D eigenvalue weighted by atomic mass is 19.2. The van der Waals surface area contributed by atoms with Crippen LogP contribution in [0.3, 0.4) is 0 Å². The summed E-state index contributed by atoms with van der Waals surface area (Å²) >= 11 is 0. The fourth-order valence-corrected chi connectivity index (χ4v) is 2.59. The molecule has 0 unspecified atom stereocenters. The third-order valence-corrected chi connectivity index (χ3v) is 3.59. The van der Waals surface area contributed by atoms with Crippen LogP contribution >= 0.6 is 0 Å². The van der Waals surface area contributed by atoms with Gasteiger partial charge in [0.1, 0.15) is 0 Å². The third kappa shape index (κ3) is 2.57. The van der Waals surface area contributed by atoms with Crippen LogP contribution in [0.5, 0.6) is 0 Å². The average Bonchev–Trinajstić information content (AvgIpc) is 3.07. The first kappa shape index (κ1) is 14.6. The van der Waals surface area contributed by atoms with Crippen molar-refractivity contribution in [3.05, 3.63) is 47.1 Å². The van der Waals surface area contributed by atoms with Gasteiger partial charge in [-0.2, -0.15) is 4.98 Å². The van der Waals surface area contributed by atoms with Crippen molar-refractivity contribution in [2.24, 2.45) is 0 Å². The second-order valence-corrected chi connectivity index (χ2v) is 5.17. The lowest BCUT2D eigenvalue weighted by atomic mass is 10.0. The van der Waals surface area contributed by atoms with E-state index in [1.807, 2.05) is 0 Å². The van der Waals surface area contributed by atoms with E-state index < -0.39 is 29.7 Å².